The van der Waals surface area contributed by atoms with E-state index in [1.165, 1.54) is 12.8 Å². The largest absolute Gasteiger partial charge is 0.366 e. The van der Waals surface area contributed by atoms with Crippen LogP contribution in [0.25, 0.3) is 5.52 Å². The summed E-state index contributed by atoms with van der Waals surface area (Å²) in [5, 5.41) is 7.93. The number of hydrogen-bond acceptors (Lipinski definition) is 3. The van der Waals surface area contributed by atoms with Gasteiger partial charge in [0, 0.05) is 18.4 Å². The van der Waals surface area contributed by atoms with Crippen LogP contribution >= 0.6 is 0 Å². The molecule has 1 atom stereocenters. The van der Waals surface area contributed by atoms with Gasteiger partial charge in [-0.15, -0.1) is 0 Å². The lowest BCUT2D eigenvalue weighted by atomic mass is 9.95. The van der Waals surface area contributed by atoms with E-state index >= 15 is 0 Å². The molecule has 0 saturated carbocycles. The number of nitrogens with one attached hydrogen (secondary N) is 1. The number of aromatic nitrogens is 3. The summed E-state index contributed by atoms with van der Waals surface area (Å²) >= 11 is 0. The second-order valence-corrected chi connectivity index (χ2v) is 4.90. The zero-order valence-electron chi connectivity index (χ0n) is 11.6. The maximum atomic E-state index is 4.44. The Kier molecular flexibility index (Phi) is 3.84. The molecule has 18 heavy (non-hydrogen) atoms. The molecule has 98 valence electrons. The first-order valence-electron chi connectivity index (χ1n) is 6.73. The van der Waals surface area contributed by atoms with Crippen molar-refractivity contribution in [1.82, 2.24) is 14.6 Å². The van der Waals surface area contributed by atoms with Crippen LogP contribution in [0, 0.1) is 12.8 Å². The minimum atomic E-state index is 0.425. The monoisotopic (exact) mass is 246 g/mol. The van der Waals surface area contributed by atoms with Crippen molar-refractivity contribution in [3.05, 3.63) is 24.2 Å². The summed E-state index contributed by atoms with van der Waals surface area (Å²) in [6.45, 7) is 8.71. The van der Waals surface area contributed by atoms with Crippen molar-refractivity contribution in [3.8, 4) is 0 Å². The minimum Gasteiger partial charge on any atom is -0.366 e. The molecule has 0 amide bonds. The van der Waals surface area contributed by atoms with E-state index in [4.69, 9.17) is 0 Å². The molecule has 0 spiro atoms. The summed E-state index contributed by atoms with van der Waals surface area (Å²) in [7, 11) is 0. The number of aryl methyl sites for hydroxylation is 1. The lowest BCUT2D eigenvalue weighted by Gasteiger charge is -2.23. The van der Waals surface area contributed by atoms with Crippen molar-refractivity contribution in [2.24, 2.45) is 5.92 Å². The second kappa shape index (κ2) is 5.38. The van der Waals surface area contributed by atoms with Crippen LogP contribution in [0.1, 0.15) is 39.3 Å². The standard InChI is InChI=1S/C14H22N4/c1-5-12(6-2)11(4)16-14-13-9-10(3)17-18(13)8-7-15-14/h7-9,11-12H,5-6H2,1-4H3,(H,15,16). The van der Waals surface area contributed by atoms with Crippen LogP contribution in [0.2, 0.25) is 0 Å². The first-order chi connectivity index (χ1) is 8.65. The Balaban J connectivity index is 2.26. The van der Waals surface area contributed by atoms with Gasteiger partial charge in [0.2, 0.25) is 0 Å². The van der Waals surface area contributed by atoms with E-state index in [0.29, 0.717) is 12.0 Å². The molecule has 0 bridgehead atoms. The highest BCUT2D eigenvalue weighted by atomic mass is 15.2. The van der Waals surface area contributed by atoms with Crippen LogP contribution in [0.3, 0.4) is 0 Å². The summed E-state index contributed by atoms with van der Waals surface area (Å²) in [6.07, 6.45) is 6.05. The van der Waals surface area contributed by atoms with Crippen LogP contribution in [-0.4, -0.2) is 20.6 Å². The third-order valence-electron chi connectivity index (χ3n) is 3.63. The Labute approximate surface area is 108 Å². The lowest BCUT2D eigenvalue weighted by molar-refractivity contribution is 0.437. The highest BCUT2D eigenvalue weighted by molar-refractivity contribution is 5.67. The average molecular weight is 246 g/mol. The van der Waals surface area contributed by atoms with Crippen molar-refractivity contribution in [1.29, 1.82) is 0 Å². The summed E-state index contributed by atoms with van der Waals surface area (Å²) in [6, 6.07) is 2.49. The van der Waals surface area contributed by atoms with Gasteiger partial charge in [0.1, 0.15) is 5.52 Å². The minimum absolute atomic E-state index is 0.425. The average Bonchev–Trinajstić information content (AvgIpc) is 2.72. The van der Waals surface area contributed by atoms with Gasteiger partial charge in [0.05, 0.1) is 5.69 Å². The van der Waals surface area contributed by atoms with Crippen LogP contribution in [0.15, 0.2) is 18.5 Å². The molecule has 0 saturated heterocycles. The van der Waals surface area contributed by atoms with Crippen LogP contribution in [-0.2, 0) is 0 Å². The van der Waals surface area contributed by atoms with E-state index in [-0.39, 0.29) is 0 Å². The number of anilines is 1. The summed E-state index contributed by atoms with van der Waals surface area (Å²) < 4.78 is 1.88. The number of nitrogens with zero attached hydrogens (tertiary/aromatic N) is 3. The molecule has 2 aromatic rings. The fourth-order valence-electron chi connectivity index (χ4n) is 2.48. The van der Waals surface area contributed by atoms with Gasteiger partial charge in [0.25, 0.3) is 0 Å². The molecule has 0 aromatic carbocycles. The quantitative estimate of drug-likeness (QED) is 0.880. The molecule has 2 rings (SSSR count). The van der Waals surface area contributed by atoms with Crippen molar-refractivity contribution < 1.29 is 0 Å². The van der Waals surface area contributed by atoms with Gasteiger partial charge in [-0.2, -0.15) is 5.10 Å². The van der Waals surface area contributed by atoms with Gasteiger partial charge >= 0.3 is 0 Å². The fourth-order valence-corrected chi connectivity index (χ4v) is 2.48. The molecule has 4 nitrogen and oxygen atoms in total. The zero-order valence-corrected chi connectivity index (χ0v) is 11.6. The molecule has 0 aliphatic carbocycles. The summed E-state index contributed by atoms with van der Waals surface area (Å²) in [5.41, 5.74) is 2.06. The molecule has 0 radical (unpaired) electrons. The Hall–Kier alpha value is -1.58. The fraction of sp³-hybridized carbons (Fsp3) is 0.571. The van der Waals surface area contributed by atoms with Crippen LogP contribution < -0.4 is 5.32 Å². The molecular formula is C14H22N4. The van der Waals surface area contributed by atoms with Crippen molar-refractivity contribution in [3.63, 3.8) is 0 Å². The Bertz CT molecular complexity index is 513. The Morgan fingerprint density at radius 2 is 2.06 bits per heavy atom. The lowest BCUT2D eigenvalue weighted by Crippen LogP contribution is -2.25. The van der Waals surface area contributed by atoms with Gasteiger partial charge in [-0.3, -0.25) is 0 Å². The molecule has 0 aliphatic rings. The van der Waals surface area contributed by atoms with E-state index in [9.17, 15) is 0 Å². The SMILES string of the molecule is CCC(CC)C(C)Nc1nccn2nc(C)cc12. The van der Waals surface area contributed by atoms with E-state index in [1.54, 1.807) is 6.20 Å². The normalized spacial score (nSPS) is 13.2. The highest BCUT2D eigenvalue weighted by Crippen LogP contribution is 2.20. The van der Waals surface area contributed by atoms with Gasteiger partial charge in [0.15, 0.2) is 5.82 Å². The van der Waals surface area contributed by atoms with Crippen LogP contribution in [0.5, 0.6) is 0 Å². The molecule has 2 heterocycles. The first-order valence-corrected chi connectivity index (χ1v) is 6.73. The van der Waals surface area contributed by atoms with Gasteiger partial charge in [-0.1, -0.05) is 26.7 Å². The van der Waals surface area contributed by atoms with Crippen molar-refractivity contribution >= 4 is 11.3 Å². The van der Waals surface area contributed by atoms with E-state index in [1.807, 2.05) is 17.6 Å². The molecule has 2 aromatic heterocycles. The molecule has 0 fully saturated rings. The van der Waals surface area contributed by atoms with Gasteiger partial charge < -0.3 is 5.32 Å². The van der Waals surface area contributed by atoms with E-state index in [0.717, 1.165) is 17.0 Å². The Morgan fingerprint density at radius 1 is 1.33 bits per heavy atom. The third kappa shape index (κ3) is 2.47. The number of fused-ring (bicyclic) bond motifs is 1. The maximum absolute atomic E-state index is 4.44. The number of hydrogen-bond donors (Lipinski definition) is 1. The first kappa shape index (κ1) is 12.9. The van der Waals surface area contributed by atoms with Gasteiger partial charge in [-0.05, 0) is 25.8 Å². The Morgan fingerprint density at radius 3 is 2.72 bits per heavy atom. The summed E-state index contributed by atoms with van der Waals surface area (Å²) in [4.78, 5) is 4.44. The molecule has 1 unspecified atom stereocenters. The third-order valence-corrected chi connectivity index (χ3v) is 3.63. The smallest absolute Gasteiger partial charge is 0.152 e. The van der Waals surface area contributed by atoms with Gasteiger partial charge in [-0.25, -0.2) is 9.50 Å². The van der Waals surface area contributed by atoms with E-state index < -0.39 is 0 Å². The zero-order chi connectivity index (χ0) is 13.1. The van der Waals surface area contributed by atoms with Crippen molar-refractivity contribution in [2.45, 2.75) is 46.6 Å². The van der Waals surface area contributed by atoms with Crippen molar-refractivity contribution in [2.75, 3.05) is 5.32 Å². The van der Waals surface area contributed by atoms with E-state index in [2.05, 4.69) is 42.2 Å². The molecule has 4 heteroatoms. The predicted octanol–water partition coefficient (Wildman–Crippen LogP) is 3.27. The number of rotatable bonds is 5. The van der Waals surface area contributed by atoms with Crippen LogP contribution in [0.4, 0.5) is 5.82 Å². The molecule has 1 N–H and O–H groups in total. The second-order valence-electron chi connectivity index (χ2n) is 4.90. The maximum Gasteiger partial charge on any atom is 0.152 e. The summed E-state index contributed by atoms with van der Waals surface area (Å²) in [5.74, 6) is 1.61. The highest BCUT2D eigenvalue weighted by Gasteiger charge is 2.15. The molecular weight excluding hydrogens is 224 g/mol. The topological polar surface area (TPSA) is 42.2 Å². The predicted molar refractivity (Wildman–Crippen MR) is 74.9 cm³/mol. The molecule has 0 aliphatic heterocycles.